The SMILES string of the molecule is O=C(O)c1csc(-n2[nH]c(-c3ccc(F)c(S(=O)(=O)NCc4ccccc4)c3)cc2=O)n1. The lowest BCUT2D eigenvalue weighted by Gasteiger charge is -2.09. The molecule has 3 N–H and O–H groups in total. The zero-order valence-electron chi connectivity index (χ0n) is 16.1. The van der Waals surface area contributed by atoms with Crippen molar-refractivity contribution in [1.29, 1.82) is 0 Å². The third kappa shape index (κ3) is 4.37. The number of aromatic carboxylic acids is 1. The second-order valence-electron chi connectivity index (χ2n) is 6.62. The van der Waals surface area contributed by atoms with E-state index in [0.717, 1.165) is 28.2 Å². The first-order valence-electron chi connectivity index (χ1n) is 9.09. The molecule has 0 saturated carbocycles. The number of carbonyl (C=O) groups is 1. The maximum atomic E-state index is 14.4. The molecule has 4 rings (SSSR count). The van der Waals surface area contributed by atoms with Gasteiger partial charge in [0.1, 0.15) is 10.7 Å². The number of halogens is 1. The third-order valence-electron chi connectivity index (χ3n) is 4.46. The van der Waals surface area contributed by atoms with Crippen LogP contribution in [-0.4, -0.2) is 34.3 Å². The molecule has 164 valence electrons. The number of aromatic nitrogens is 3. The summed E-state index contributed by atoms with van der Waals surface area (Å²) in [5.41, 5.74) is 0.409. The highest BCUT2D eigenvalue weighted by Crippen LogP contribution is 2.24. The fourth-order valence-corrected chi connectivity index (χ4v) is 4.76. The molecular formula is C20H15FN4O5S2. The molecule has 9 nitrogen and oxygen atoms in total. The Bertz CT molecular complexity index is 1460. The molecule has 0 aliphatic carbocycles. The van der Waals surface area contributed by atoms with E-state index in [4.69, 9.17) is 5.11 Å². The number of benzene rings is 2. The van der Waals surface area contributed by atoms with Gasteiger partial charge in [0.25, 0.3) is 5.56 Å². The lowest BCUT2D eigenvalue weighted by molar-refractivity contribution is 0.0691. The molecule has 0 saturated heterocycles. The zero-order valence-corrected chi connectivity index (χ0v) is 17.8. The van der Waals surface area contributed by atoms with Gasteiger partial charge in [0.15, 0.2) is 5.69 Å². The third-order valence-corrected chi connectivity index (χ3v) is 6.71. The predicted octanol–water partition coefficient (Wildman–Crippen LogP) is 2.60. The molecule has 12 heteroatoms. The summed E-state index contributed by atoms with van der Waals surface area (Å²) in [5.74, 6) is -2.18. The van der Waals surface area contributed by atoms with Gasteiger partial charge in [0.05, 0.1) is 5.69 Å². The van der Waals surface area contributed by atoms with E-state index >= 15 is 0 Å². The minimum Gasteiger partial charge on any atom is -0.476 e. The van der Waals surface area contributed by atoms with Gasteiger partial charge in [-0.1, -0.05) is 30.3 Å². The topological polar surface area (TPSA) is 134 Å². The Morgan fingerprint density at radius 1 is 1.19 bits per heavy atom. The molecule has 0 aliphatic heterocycles. The van der Waals surface area contributed by atoms with Gasteiger partial charge < -0.3 is 5.11 Å². The second-order valence-corrected chi connectivity index (χ2v) is 9.19. The van der Waals surface area contributed by atoms with Crippen LogP contribution in [0.5, 0.6) is 0 Å². The molecule has 0 radical (unpaired) electrons. The Balaban J connectivity index is 1.65. The number of thiazole rings is 1. The molecule has 0 fully saturated rings. The quantitative estimate of drug-likeness (QED) is 0.377. The highest BCUT2D eigenvalue weighted by molar-refractivity contribution is 7.89. The second kappa shape index (κ2) is 8.49. The van der Waals surface area contributed by atoms with Gasteiger partial charge in [-0.3, -0.25) is 9.89 Å². The van der Waals surface area contributed by atoms with Crippen molar-refractivity contribution in [1.82, 2.24) is 19.5 Å². The fraction of sp³-hybridized carbons (Fsp3) is 0.0500. The highest BCUT2D eigenvalue weighted by Gasteiger charge is 2.21. The summed E-state index contributed by atoms with van der Waals surface area (Å²) >= 11 is 0.942. The Kier molecular flexibility index (Phi) is 5.74. The van der Waals surface area contributed by atoms with Crippen molar-refractivity contribution in [2.45, 2.75) is 11.4 Å². The zero-order chi connectivity index (χ0) is 22.9. The first-order chi connectivity index (χ1) is 15.2. The summed E-state index contributed by atoms with van der Waals surface area (Å²) in [5, 5.41) is 13.1. The van der Waals surface area contributed by atoms with E-state index in [1.807, 2.05) is 0 Å². The summed E-state index contributed by atoms with van der Waals surface area (Å²) in [6, 6.07) is 13.4. The molecule has 2 aromatic heterocycles. The van der Waals surface area contributed by atoms with E-state index in [0.29, 0.717) is 5.56 Å². The number of carboxylic acid groups (broad SMARTS) is 1. The number of aromatic amines is 1. The van der Waals surface area contributed by atoms with Crippen molar-refractivity contribution >= 4 is 27.3 Å². The van der Waals surface area contributed by atoms with Crippen molar-refractivity contribution in [3.63, 3.8) is 0 Å². The molecule has 2 heterocycles. The van der Waals surface area contributed by atoms with E-state index in [2.05, 4.69) is 14.8 Å². The molecule has 0 spiro atoms. The summed E-state index contributed by atoms with van der Waals surface area (Å²) in [6.45, 7) is -0.0178. The van der Waals surface area contributed by atoms with Crippen molar-refractivity contribution in [2.24, 2.45) is 0 Å². The Morgan fingerprint density at radius 3 is 2.62 bits per heavy atom. The van der Waals surface area contributed by atoms with E-state index in [-0.39, 0.29) is 28.6 Å². The molecular weight excluding hydrogens is 459 g/mol. The standard InChI is InChI=1S/C20H15FN4O5S2/c21-14-7-6-13(8-17(14)32(29,30)22-10-12-4-2-1-3-5-12)15-9-18(26)25(24-15)20-23-16(11-31-20)19(27)28/h1-9,11,22,24H,10H2,(H,27,28). The van der Waals surface area contributed by atoms with Crippen LogP contribution in [0.15, 0.2) is 69.7 Å². The minimum atomic E-state index is -4.18. The molecule has 0 atom stereocenters. The van der Waals surface area contributed by atoms with Gasteiger partial charge in [0.2, 0.25) is 15.2 Å². The van der Waals surface area contributed by atoms with Gasteiger partial charge in [-0.25, -0.2) is 27.3 Å². The van der Waals surface area contributed by atoms with Gasteiger partial charge in [-0.05, 0) is 23.8 Å². The lowest BCUT2D eigenvalue weighted by Crippen LogP contribution is -2.24. The first-order valence-corrected chi connectivity index (χ1v) is 11.5. The summed E-state index contributed by atoms with van der Waals surface area (Å²) < 4.78 is 43.1. The lowest BCUT2D eigenvalue weighted by atomic mass is 10.1. The monoisotopic (exact) mass is 474 g/mol. The molecule has 2 aromatic carbocycles. The number of carboxylic acids is 1. The average molecular weight is 474 g/mol. The smallest absolute Gasteiger partial charge is 0.355 e. The number of nitrogens with one attached hydrogen (secondary N) is 2. The largest absolute Gasteiger partial charge is 0.476 e. The Labute approximate surface area is 184 Å². The number of hydrogen-bond donors (Lipinski definition) is 3. The Hall–Kier alpha value is -3.61. The first kappa shape index (κ1) is 21.6. The van der Waals surface area contributed by atoms with Crippen LogP contribution in [0.25, 0.3) is 16.4 Å². The summed E-state index contributed by atoms with van der Waals surface area (Å²) in [7, 11) is -4.18. The number of rotatable bonds is 7. The molecule has 0 unspecified atom stereocenters. The summed E-state index contributed by atoms with van der Waals surface area (Å²) in [6.07, 6.45) is 0. The van der Waals surface area contributed by atoms with E-state index < -0.39 is 32.3 Å². The molecule has 32 heavy (non-hydrogen) atoms. The van der Waals surface area contributed by atoms with Crippen LogP contribution in [0, 0.1) is 5.82 Å². The maximum absolute atomic E-state index is 14.4. The van der Waals surface area contributed by atoms with Crippen molar-refractivity contribution < 1.29 is 22.7 Å². The van der Waals surface area contributed by atoms with Crippen molar-refractivity contribution in [3.05, 3.63) is 87.4 Å². The normalized spacial score (nSPS) is 11.5. The van der Waals surface area contributed by atoms with Crippen LogP contribution in [0.2, 0.25) is 0 Å². The van der Waals surface area contributed by atoms with Gasteiger partial charge in [-0.2, -0.15) is 4.68 Å². The van der Waals surface area contributed by atoms with Gasteiger partial charge in [0, 0.05) is 23.6 Å². The van der Waals surface area contributed by atoms with Crippen LogP contribution >= 0.6 is 11.3 Å². The maximum Gasteiger partial charge on any atom is 0.355 e. The van der Waals surface area contributed by atoms with E-state index in [1.165, 1.54) is 17.5 Å². The predicted molar refractivity (Wildman–Crippen MR) is 115 cm³/mol. The highest BCUT2D eigenvalue weighted by atomic mass is 32.2. The number of nitrogens with zero attached hydrogens (tertiary/aromatic N) is 2. The number of hydrogen-bond acceptors (Lipinski definition) is 6. The van der Waals surface area contributed by atoms with Crippen LogP contribution in [0.1, 0.15) is 16.1 Å². The van der Waals surface area contributed by atoms with Crippen LogP contribution < -0.4 is 10.3 Å². The molecule has 4 aromatic rings. The molecule has 0 aliphatic rings. The molecule has 0 amide bonds. The van der Waals surface area contributed by atoms with Gasteiger partial charge in [-0.15, -0.1) is 11.3 Å². The summed E-state index contributed by atoms with van der Waals surface area (Å²) in [4.78, 5) is 26.6. The fourth-order valence-electron chi connectivity index (χ4n) is 2.88. The average Bonchev–Trinajstić information content (AvgIpc) is 3.40. The van der Waals surface area contributed by atoms with Crippen molar-refractivity contribution in [2.75, 3.05) is 0 Å². The Morgan fingerprint density at radius 2 is 1.94 bits per heavy atom. The van der Waals surface area contributed by atoms with Crippen LogP contribution in [0.4, 0.5) is 4.39 Å². The van der Waals surface area contributed by atoms with Crippen LogP contribution in [0.3, 0.4) is 0 Å². The number of H-pyrrole nitrogens is 1. The van der Waals surface area contributed by atoms with E-state index in [9.17, 15) is 22.4 Å². The van der Waals surface area contributed by atoms with Crippen LogP contribution in [-0.2, 0) is 16.6 Å². The molecule has 0 bridgehead atoms. The number of sulfonamides is 1. The van der Waals surface area contributed by atoms with E-state index in [1.54, 1.807) is 30.3 Å². The van der Waals surface area contributed by atoms with Gasteiger partial charge >= 0.3 is 5.97 Å². The minimum absolute atomic E-state index is 0.0178. The van der Waals surface area contributed by atoms with Crippen molar-refractivity contribution in [3.8, 4) is 16.4 Å².